The summed E-state index contributed by atoms with van der Waals surface area (Å²) in [7, 11) is 0. The van der Waals surface area contributed by atoms with Gasteiger partial charge < -0.3 is 0 Å². The molecule has 0 unspecified atom stereocenters. The maximum Gasteiger partial charge on any atom is 0.0839 e. The van der Waals surface area contributed by atoms with Gasteiger partial charge in [0, 0.05) is 34.7 Å². The molecule has 5 aliphatic heterocycles. The van der Waals surface area contributed by atoms with Crippen LogP contribution in [0.2, 0.25) is 0 Å². The Balaban J connectivity index is 1.43. The number of allylic oxidation sites excluding steroid dienone is 12. The van der Waals surface area contributed by atoms with Crippen LogP contribution in [0.3, 0.4) is 0 Å². The van der Waals surface area contributed by atoms with Gasteiger partial charge in [0.1, 0.15) is 0 Å². The van der Waals surface area contributed by atoms with Crippen LogP contribution in [-0.2, 0) is 0 Å². The van der Waals surface area contributed by atoms with E-state index >= 15 is 0 Å². The van der Waals surface area contributed by atoms with Crippen LogP contribution in [0.5, 0.6) is 0 Å². The van der Waals surface area contributed by atoms with Crippen molar-refractivity contribution in [2.75, 3.05) is 0 Å². The number of nitrogens with zero attached hydrogens (tertiary/aromatic N) is 6. The van der Waals surface area contributed by atoms with Crippen LogP contribution in [0.25, 0.3) is 22.3 Å². The summed E-state index contributed by atoms with van der Waals surface area (Å²) < 4.78 is 0. The van der Waals surface area contributed by atoms with E-state index in [2.05, 4.69) is 54.6 Å². The topological polar surface area (TPSA) is 75.2 Å². The van der Waals surface area contributed by atoms with Gasteiger partial charge in [-0.15, -0.1) is 0 Å². The molecule has 6 nitrogen and oxygen atoms in total. The van der Waals surface area contributed by atoms with E-state index in [0.717, 1.165) is 90.4 Å². The number of hydrogen-bond donors (Lipinski definition) is 0. The van der Waals surface area contributed by atoms with Gasteiger partial charge in [0.2, 0.25) is 0 Å². The standard InChI is InChI=1S/C42H26N6/c1-3-11-27(12-4-1)34-25-33-24-31-18-17-29(45-31)23-30-19-20-32(46-30)26-37-39(35-15-7-9-21-43-35)40(36-16-8-10-22-44-36)42(48-37)38(41(34)47-33)28-13-5-2-6-14-28/h1-26H. The van der Waals surface area contributed by atoms with Gasteiger partial charge in [-0.25, -0.2) is 20.0 Å². The van der Waals surface area contributed by atoms with Gasteiger partial charge in [0.05, 0.1) is 57.0 Å². The van der Waals surface area contributed by atoms with Gasteiger partial charge in [-0.1, -0.05) is 72.8 Å². The number of aliphatic imine (C=N–C) groups is 4. The molecule has 0 N–H and O–H groups in total. The van der Waals surface area contributed by atoms with Crippen LogP contribution in [0.4, 0.5) is 0 Å². The summed E-state index contributed by atoms with van der Waals surface area (Å²) in [6, 6.07) is 32.7. The number of rotatable bonds is 4. The van der Waals surface area contributed by atoms with E-state index in [0.29, 0.717) is 0 Å². The van der Waals surface area contributed by atoms with Gasteiger partial charge in [0.15, 0.2) is 0 Å². The molecule has 0 saturated carbocycles. The number of benzene rings is 2. The largest absolute Gasteiger partial charge is 0.256 e. The van der Waals surface area contributed by atoms with Crippen molar-refractivity contribution in [2.45, 2.75) is 0 Å². The Morgan fingerprint density at radius 2 is 0.979 bits per heavy atom. The number of hydrogen-bond acceptors (Lipinski definition) is 6. The summed E-state index contributed by atoms with van der Waals surface area (Å²) in [5.74, 6) is 0. The first kappa shape index (κ1) is 27.6. The average Bonchev–Trinajstić information content (AvgIpc) is 3.94. The third-order valence-electron chi connectivity index (χ3n) is 8.47. The third-order valence-corrected chi connectivity index (χ3v) is 8.47. The first-order valence-corrected chi connectivity index (χ1v) is 15.8. The van der Waals surface area contributed by atoms with E-state index < -0.39 is 0 Å². The lowest BCUT2D eigenvalue weighted by Gasteiger charge is -2.16. The van der Waals surface area contributed by atoms with Crippen LogP contribution in [0.1, 0.15) is 22.5 Å². The zero-order chi connectivity index (χ0) is 31.9. The van der Waals surface area contributed by atoms with E-state index in [4.69, 9.17) is 29.9 Å². The fourth-order valence-electron chi connectivity index (χ4n) is 6.38. The first-order valence-electron chi connectivity index (χ1n) is 15.8. The van der Waals surface area contributed by atoms with Crippen molar-refractivity contribution < 1.29 is 0 Å². The van der Waals surface area contributed by atoms with Crippen molar-refractivity contribution in [1.82, 2.24) is 9.97 Å². The molecule has 5 aliphatic rings. The molecule has 48 heavy (non-hydrogen) atoms. The molecule has 0 saturated heterocycles. The van der Waals surface area contributed by atoms with Crippen molar-refractivity contribution in [3.8, 4) is 0 Å². The van der Waals surface area contributed by atoms with Crippen molar-refractivity contribution in [1.29, 1.82) is 0 Å². The Morgan fingerprint density at radius 1 is 0.396 bits per heavy atom. The van der Waals surface area contributed by atoms with Gasteiger partial charge in [-0.2, -0.15) is 0 Å². The van der Waals surface area contributed by atoms with Gasteiger partial charge >= 0.3 is 0 Å². The predicted molar refractivity (Wildman–Crippen MR) is 195 cm³/mol. The molecule has 8 bridgehead atoms. The molecule has 2 aromatic carbocycles. The zero-order valence-corrected chi connectivity index (χ0v) is 25.7. The second-order valence-electron chi connectivity index (χ2n) is 11.6. The summed E-state index contributed by atoms with van der Waals surface area (Å²) >= 11 is 0. The summed E-state index contributed by atoms with van der Waals surface area (Å²) in [4.78, 5) is 30.3. The quantitative estimate of drug-likeness (QED) is 0.231. The van der Waals surface area contributed by atoms with Crippen molar-refractivity contribution >= 4 is 45.1 Å². The molecule has 0 aliphatic carbocycles. The molecule has 0 radical (unpaired) electrons. The monoisotopic (exact) mass is 614 g/mol. The molecule has 2 aromatic heterocycles. The zero-order valence-electron chi connectivity index (χ0n) is 25.7. The Morgan fingerprint density at radius 3 is 1.62 bits per heavy atom. The lowest BCUT2D eigenvalue weighted by atomic mass is 9.87. The molecule has 0 atom stereocenters. The number of aromatic nitrogens is 2. The molecule has 224 valence electrons. The number of pyridine rings is 2. The normalized spacial score (nSPS) is 17.8. The minimum Gasteiger partial charge on any atom is -0.256 e. The summed E-state index contributed by atoms with van der Waals surface area (Å²) in [6.07, 6.45) is 19.9. The molecule has 0 spiro atoms. The minimum atomic E-state index is 0.753. The molecule has 0 fully saturated rings. The summed E-state index contributed by atoms with van der Waals surface area (Å²) in [6.45, 7) is 0. The highest BCUT2D eigenvalue weighted by atomic mass is 14.9. The number of fused-ring (bicyclic) bond motifs is 4. The Bertz CT molecular complexity index is 2380. The molecule has 7 heterocycles. The highest BCUT2D eigenvalue weighted by Crippen LogP contribution is 2.45. The highest BCUT2D eigenvalue weighted by molar-refractivity contribution is 6.50. The SMILES string of the molecule is C1=CC2=NC1=CC1=NC(=C(c3ccccc3)C3=NC(=CC4=NC(=C2)C=C4)C=C3c2ccccc2)C(c2ccccn2)=C1c1ccccn1. The van der Waals surface area contributed by atoms with E-state index in [1.807, 2.05) is 103 Å². The van der Waals surface area contributed by atoms with Crippen LogP contribution in [0, 0.1) is 0 Å². The van der Waals surface area contributed by atoms with Gasteiger partial charge in [-0.3, -0.25) is 9.97 Å². The molecule has 9 rings (SSSR count). The van der Waals surface area contributed by atoms with E-state index in [1.54, 1.807) is 0 Å². The smallest absolute Gasteiger partial charge is 0.0839 e. The van der Waals surface area contributed by atoms with Crippen LogP contribution in [0.15, 0.2) is 201 Å². The first-order chi connectivity index (χ1) is 23.8. The maximum absolute atomic E-state index is 5.48. The summed E-state index contributed by atoms with van der Waals surface area (Å²) in [5, 5.41) is 0. The fraction of sp³-hybridized carbons (Fsp3) is 0. The predicted octanol–water partition coefficient (Wildman–Crippen LogP) is 8.48. The molecular weight excluding hydrogens is 589 g/mol. The molecule has 4 aromatic rings. The average molecular weight is 615 g/mol. The van der Waals surface area contributed by atoms with Crippen molar-refractivity contribution in [3.63, 3.8) is 0 Å². The fourth-order valence-corrected chi connectivity index (χ4v) is 6.38. The Kier molecular flexibility index (Phi) is 6.68. The van der Waals surface area contributed by atoms with E-state index in [1.165, 1.54) is 0 Å². The van der Waals surface area contributed by atoms with Gasteiger partial charge in [0.25, 0.3) is 0 Å². The highest BCUT2D eigenvalue weighted by Gasteiger charge is 2.33. The van der Waals surface area contributed by atoms with E-state index in [-0.39, 0.29) is 0 Å². The third kappa shape index (κ3) is 5.02. The van der Waals surface area contributed by atoms with Crippen LogP contribution in [-0.4, -0.2) is 32.8 Å². The second kappa shape index (κ2) is 11.6. The molecule has 6 heteroatoms. The summed E-state index contributed by atoms with van der Waals surface area (Å²) in [5.41, 5.74) is 13.8. The van der Waals surface area contributed by atoms with E-state index in [9.17, 15) is 0 Å². The molecular formula is C42H26N6. The van der Waals surface area contributed by atoms with Crippen molar-refractivity contribution in [3.05, 3.63) is 203 Å². The van der Waals surface area contributed by atoms with Crippen molar-refractivity contribution in [2.24, 2.45) is 20.0 Å². The van der Waals surface area contributed by atoms with Crippen LogP contribution >= 0.6 is 0 Å². The minimum absolute atomic E-state index is 0.753. The maximum atomic E-state index is 5.48. The lowest BCUT2D eigenvalue weighted by molar-refractivity contribution is 1.26. The van der Waals surface area contributed by atoms with Crippen LogP contribution < -0.4 is 0 Å². The lowest BCUT2D eigenvalue weighted by Crippen LogP contribution is -2.07. The van der Waals surface area contributed by atoms with Gasteiger partial charge in [-0.05, 0) is 84.0 Å². The Labute approximate surface area is 277 Å². The molecule has 0 amide bonds. The Hall–Kier alpha value is -6.66. The second-order valence-corrected chi connectivity index (χ2v) is 11.6.